The lowest BCUT2D eigenvalue weighted by Crippen LogP contribution is -2.36. The Bertz CT molecular complexity index is 647. The number of aromatic hydroxyl groups is 2. The van der Waals surface area contributed by atoms with E-state index in [4.69, 9.17) is 5.11 Å². The van der Waals surface area contributed by atoms with E-state index in [1.165, 1.54) is 12.1 Å². The molecule has 2 rings (SSSR count). The van der Waals surface area contributed by atoms with Crippen LogP contribution in [0.25, 0.3) is 12.2 Å². The molecule has 2 aromatic rings. The van der Waals surface area contributed by atoms with E-state index in [1.807, 2.05) is 6.08 Å². The Morgan fingerprint density at radius 1 is 1.00 bits per heavy atom. The second kappa shape index (κ2) is 5.88. The maximum absolute atomic E-state index is 10.5. The SMILES string of the molecule is O=C(O)C[n+]1ccc(/C=C/c2ccc(O)c(O)c2)cc1. The molecule has 5 heteroatoms. The van der Waals surface area contributed by atoms with E-state index in [0.29, 0.717) is 0 Å². The highest BCUT2D eigenvalue weighted by molar-refractivity contribution is 5.70. The van der Waals surface area contributed by atoms with E-state index in [9.17, 15) is 15.0 Å². The average molecular weight is 272 g/mol. The van der Waals surface area contributed by atoms with Crippen LogP contribution in [-0.2, 0) is 11.3 Å². The number of pyridine rings is 1. The number of hydrogen-bond acceptors (Lipinski definition) is 3. The molecule has 1 aromatic carbocycles. The van der Waals surface area contributed by atoms with Gasteiger partial charge in [-0.2, -0.15) is 4.57 Å². The minimum absolute atomic E-state index is 0.0736. The lowest BCUT2D eigenvalue weighted by Gasteiger charge is -1.98. The van der Waals surface area contributed by atoms with E-state index in [2.05, 4.69) is 0 Å². The largest absolute Gasteiger partial charge is 0.504 e. The Morgan fingerprint density at radius 2 is 1.65 bits per heavy atom. The van der Waals surface area contributed by atoms with Gasteiger partial charge < -0.3 is 15.3 Å². The summed E-state index contributed by atoms with van der Waals surface area (Å²) in [6.07, 6.45) is 6.98. The van der Waals surface area contributed by atoms with Crippen LogP contribution in [0.3, 0.4) is 0 Å². The van der Waals surface area contributed by atoms with E-state index >= 15 is 0 Å². The summed E-state index contributed by atoms with van der Waals surface area (Å²) in [5.74, 6) is -1.21. The summed E-state index contributed by atoms with van der Waals surface area (Å²) in [6, 6.07) is 8.14. The quantitative estimate of drug-likeness (QED) is 0.584. The molecule has 0 aliphatic rings. The Labute approximate surface area is 115 Å². The van der Waals surface area contributed by atoms with Crippen molar-refractivity contribution in [3.63, 3.8) is 0 Å². The molecule has 0 saturated carbocycles. The fraction of sp³-hybridized carbons (Fsp3) is 0.0667. The molecule has 0 aliphatic carbocycles. The summed E-state index contributed by atoms with van der Waals surface area (Å²) >= 11 is 0. The van der Waals surface area contributed by atoms with E-state index in [-0.39, 0.29) is 18.0 Å². The van der Waals surface area contributed by atoms with E-state index in [0.717, 1.165) is 11.1 Å². The van der Waals surface area contributed by atoms with Crippen LogP contribution < -0.4 is 4.57 Å². The van der Waals surface area contributed by atoms with Crippen molar-refractivity contribution in [1.82, 2.24) is 0 Å². The summed E-state index contributed by atoms with van der Waals surface area (Å²) in [4.78, 5) is 10.5. The Kier molecular flexibility index (Phi) is 4.00. The van der Waals surface area contributed by atoms with Crippen LogP contribution in [0.1, 0.15) is 11.1 Å². The minimum atomic E-state index is -0.891. The molecular weight excluding hydrogens is 258 g/mol. The van der Waals surface area contributed by atoms with E-state index in [1.54, 1.807) is 41.2 Å². The molecule has 1 heterocycles. The number of phenolic OH excluding ortho intramolecular Hbond substituents is 2. The Morgan fingerprint density at radius 3 is 2.25 bits per heavy atom. The van der Waals surface area contributed by atoms with Gasteiger partial charge in [-0.05, 0) is 23.3 Å². The average Bonchev–Trinajstić information content (AvgIpc) is 2.41. The first kappa shape index (κ1) is 13.6. The highest BCUT2D eigenvalue weighted by Crippen LogP contribution is 2.25. The van der Waals surface area contributed by atoms with Crippen molar-refractivity contribution in [2.45, 2.75) is 6.54 Å². The van der Waals surface area contributed by atoms with Gasteiger partial charge in [0.1, 0.15) is 0 Å². The van der Waals surface area contributed by atoms with Crippen molar-refractivity contribution in [3.8, 4) is 11.5 Å². The number of nitrogens with zero attached hydrogens (tertiary/aromatic N) is 1. The number of hydrogen-bond donors (Lipinski definition) is 3. The third kappa shape index (κ3) is 3.58. The molecule has 0 atom stereocenters. The van der Waals surface area contributed by atoms with Gasteiger partial charge in [0.15, 0.2) is 23.9 Å². The molecule has 0 saturated heterocycles. The number of carboxylic acid groups (broad SMARTS) is 1. The van der Waals surface area contributed by atoms with Gasteiger partial charge in [-0.15, -0.1) is 0 Å². The van der Waals surface area contributed by atoms with Gasteiger partial charge in [0.2, 0.25) is 6.54 Å². The van der Waals surface area contributed by atoms with Gasteiger partial charge >= 0.3 is 5.97 Å². The van der Waals surface area contributed by atoms with Gasteiger partial charge in [-0.3, -0.25) is 0 Å². The zero-order valence-corrected chi connectivity index (χ0v) is 10.6. The van der Waals surface area contributed by atoms with Crippen LogP contribution in [0.15, 0.2) is 42.7 Å². The molecule has 20 heavy (non-hydrogen) atoms. The maximum atomic E-state index is 10.5. The number of phenols is 2. The van der Waals surface area contributed by atoms with Gasteiger partial charge in [0.05, 0.1) is 0 Å². The van der Waals surface area contributed by atoms with Crippen molar-refractivity contribution in [2.75, 3.05) is 0 Å². The van der Waals surface area contributed by atoms with Gasteiger partial charge in [-0.25, -0.2) is 4.79 Å². The molecule has 0 aliphatic heterocycles. The number of aromatic nitrogens is 1. The third-order valence-corrected chi connectivity index (χ3v) is 2.70. The van der Waals surface area contributed by atoms with Gasteiger partial charge in [0, 0.05) is 12.1 Å². The summed E-state index contributed by atoms with van der Waals surface area (Å²) in [7, 11) is 0. The summed E-state index contributed by atoms with van der Waals surface area (Å²) < 4.78 is 1.56. The number of benzene rings is 1. The summed E-state index contributed by atoms with van der Waals surface area (Å²) in [6.45, 7) is -0.0736. The highest BCUT2D eigenvalue weighted by Gasteiger charge is 2.05. The van der Waals surface area contributed by atoms with Crippen LogP contribution >= 0.6 is 0 Å². The predicted octanol–water partition coefficient (Wildman–Crippen LogP) is 1.64. The molecule has 3 N–H and O–H groups in total. The smallest absolute Gasteiger partial charge is 0.370 e. The summed E-state index contributed by atoms with van der Waals surface area (Å²) in [5.41, 5.74) is 1.65. The van der Waals surface area contributed by atoms with Crippen LogP contribution in [0.4, 0.5) is 0 Å². The summed E-state index contributed by atoms with van der Waals surface area (Å²) in [5, 5.41) is 27.2. The first-order chi connectivity index (χ1) is 9.54. The Balaban J connectivity index is 2.10. The number of carboxylic acids is 1. The first-order valence-electron chi connectivity index (χ1n) is 5.95. The molecule has 0 radical (unpaired) electrons. The first-order valence-corrected chi connectivity index (χ1v) is 5.95. The monoisotopic (exact) mass is 272 g/mol. The molecule has 0 fully saturated rings. The predicted molar refractivity (Wildman–Crippen MR) is 73.0 cm³/mol. The lowest BCUT2D eigenvalue weighted by molar-refractivity contribution is -0.685. The fourth-order valence-electron chi connectivity index (χ4n) is 1.68. The van der Waals surface area contributed by atoms with Crippen molar-refractivity contribution in [2.24, 2.45) is 0 Å². The van der Waals surface area contributed by atoms with Crippen molar-refractivity contribution in [3.05, 3.63) is 53.9 Å². The highest BCUT2D eigenvalue weighted by atomic mass is 16.4. The number of aliphatic carboxylic acids is 1. The van der Waals surface area contributed by atoms with Gasteiger partial charge in [0.25, 0.3) is 0 Å². The number of rotatable bonds is 4. The molecule has 0 amide bonds. The lowest BCUT2D eigenvalue weighted by atomic mass is 10.1. The zero-order valence-electron chi connectivity index (χ0n) is 10.6. The molecule has 0 unspecified atom stereocenters. The second-order valence-electron chi connectivity index (χ2n) is 4.28. The maximum Gasteiger partial charge on any atom is 0.370 e. The standard InChI is InChI=1S/C15H13NO4/c17-13-4-3-12(9-14(13)18)2-1-11-5-7-16(8-6-11)10-15(19)20/h1-9H,10H2,(H2,18,19,20)/p+1. The van der Waals surface area contributed by atoms with Crippen LogP contribution in [-0.4, -0.2) is 21.3 Å². The molecule has 102 valence electrons. The molecule has 1 aromatic heterocycles. The van der Waals surface area contributed by atoms with Crippen LogP contribution in [0, 0.1) is 0 Å². The molecule has 0 bridgehead atoms. The Hall–Kier alpha value is -2.82. The number of carbonyl (C=O) groups is 1. The molecular formula is C15H14NO4+. The topological polar surface area (TPSA) is 81.6 Å². The van der Waals surface area contributed by atoms with E-state index < -0.39 is 5.97 Å². The van der Waals surface area contributed by atoms with Crippen molar-refractivity contribution in [1.29, 1.82) is 0 Å². The van der Waals surface area contributed by atoms with Crippen molar-refractivity contribution >= 4 is 18.1 Å². The van der Waals surface area contributed by atoms with Crippen molar-refractivity contribution < 1.29 is 24.7 Å². The normalized spacial score (nSPS) is 10.8. The van der Waals surface area contributed by atoms with Crippen LogP contribution in [0.5, 0.6) is 11.5 Å². The minimum Gasteiger partial charge on any atom is -0.504 e. The van der Waals surface area contributed by atoms with Gasteiger partial charge in [-0.1, -0.05) is 18.2 Å². The molecule has 0 spiro atoms. The zero-order chi connectivity index (χ0) is 14.5. The fourth-order valence-corrected chi connectivity index (χ4v) is 1.68. The second-order valence-corrected chi connectivity index (χ2v) is 4.28. The molecule has 5 nitrogen and oxygen atoms in total. The van der Waals surface area contributed by atoms with Crippen LogP contribution in [0.2, 0.25) is 0 Å². The third-order valence-electron chi connectivity index (χ3n) is 2.70.